The molecule has 2 unspecified atom stereocenters. The summed E-state index contributed by atoms with van der Waals surface area (Å²) >= 11 is 6.05. The Labute approximate surface area is 185 Å². The molecule has 2 aromatic carbocycles. The smallest absolute Gasteiger partial charge is 0.255 e. The number of halogens is 1. The van der Waals surface area contributed by atoms with Crippen LogP contribution < -0.4 is 16.4 Å². The average Bonchev–Trinajstić information content (AvgIpc) is 3.16. The van der Waals surface area contributed by atoms with Crippen molar-refractivity contribution in [2.24, 2.45) is 5.73 Å². The molecular weight excluding hydrogens is 412 g/mol. The Bertz CT molecular complexity index is 1090. The second-order valence-electron chi connectivity index (χ2n) is 7.62. The van der Waals surface area contributed by atoms with Crippen LogP contribution >= 0.6 is 11.6 Å². The van der Waals surface area contributed by atoms with Crippen molar-refractivity contribution in [3.05, 3.63) is 94.3 Å². The minimum atomic E-state index is -0.455. The largest absolute Gasteiger partial charge is 0.349 e. The summed E-state index contributed by atoms with van der Waals surface area (Å²) in [6.45, 7) is 0. The van der Waals surface area contributed by atoms with Crippen LogP contribution in [0.2, 0.25) is 5.02 Å². The molecule has 0 aliphatic heterocycles. The highest BCUT2D eigenvalue weighted by Gasteiger charge is 2.24. The first-order chi connectivity index (χ1) is 15.0. The Kier molecular flexibility index (Phi) is 6.30. The Hall–Kier alpha value is -3.22. The van der Waals surface area contributed by atoms with Crippen molar-refractivity contribution in [3.8, 4) is 0 Å². The van der Waals surface area contributed by atoms with Crippen LogP contribution in [0.1, 0.15) is 52.0 Å². The Balaban J connectivity index is 1.33. The number of hydrogen-bond acceptors (Lipinski definition) is 4. The molecule has 7 heteroatoms. The van der Waals surface area contributed by atoms with E-state index in [1.807, 2.05) is 18.2 Å². The number of carbonyl (C=O) groups excluding carboxylic acids is 2. The molecule has 0 saturated carbocycles. The molecule has 2 atom stereocenters. The van der Waals surface area contributed by atoms with Crippen LogP contribution in [-0.2, 0) is 11.2 Å². The molecule has 0 bridgehead atoms. The fraction of sp³-hybridized carbons (Fsp3) is 0.208. The number of pyridine rings is 1. The van der Waals surface area contributed by atoms with Gasteiger partial charge >= 0.3 is 0 Å². The Morgan fingerprint density at radius 3 is 2.58 bits per heavy atom. The van der Waals surface area contributed by atoms with E-state index in [0.717, 1.165) is 24.0 Å². The van der Waals surface area contributed by atoms with E-state index in [9.17, 15) is 9.59 Å². The van der Waals surface area contributed by atoms with Crippen LogP contribution in [0.4, 0.5) is 5.69 Å². The van der Waals surface area contributed by atoms with Gasteiger partial charge in [0.1, 0.15) is 0 Å². The van der Waals surface area contributed by atoms with Gasteiger partial charge in [-0.3, -0.25) is 14.6 Å². The summed E-state index contributed by atoms with van der Waals surface area (Å²) in [4.78, 5) is 28.8. The highest BCUT2D eigenvalue weighted by atomic mass is 35.5. The van der Waals surface area contributed by atoms with E-state index in [-0.39, 0.29) is 24.3 Å². The minimum Gasteiger partial charge on any atom is -0.349 e. The summed E-state index contributed by atoms with van der Waals surface area (Å²) in [7, 11) is 0. The van der Waals surface area contributed by atoms with E-state index >= 15 is 0 Å². The van der Waals surface area contributed by atoms with Gasteiger partial charge in [-0.2, -0.15) is 0 Å². The van der Waals surface area contributed by atoms with Gasteiger partial charge in [0.05, 0.1) is 6.04 Å². The van der Waals surface area contributed by atoms with Crippen molar-refractivity contribution >= 4 is 29.1 Å². The van der Waals surface area contributed by atoms with E-state index in [4.69, 9.17) is 17.3 Å². The van der Waals surface area contributed by atoms with E-state index in [2.05, 4.69) is 15.6 Å². The summed E-state index contributed by atoms with van der Waals surface area (Å²) in [6, 6.07) is 15.8. The monoisotopic (exact) mass is 434 g/mol. The SMILES string of the molecule is NC(CC(=O)NC1CCc2cc(Cl)ccc21)c1ccc(C(=O)Nc2ccncc2)cc1. The van der Waals surface area contributed by atoms with Crippen LogP contribution in [0, 0.1) is 0 Å². The number of hydrogen-bond donors (Lipinski definition) is 3. The van der Waals surface area contributed by atoms with Crippen molar-refractivity contribution in [2.45, 2.75) is 31.3 Å². The van der Waals surface area contributed by atoms with Gasteiger partial charge in [-0.05, 0) is 65.9 Å². The number of nitrogens with zero attached hydrogens (tertiary/aromatic N) is 1. The first-order valence-corrected chi connectivity index (χ1v) is 10.5. The van der Waals surface area contributed by atoms with Crippen molar-refractivity contribution in [1.29, 1.82) is 0 Å². The lowest BCUT2D eigenvalue weighted by atomic mass is 10.0. The molecule has 1 aromatic heterocycles. The van der Waals surface area contributed by atoms with Crippen LogP contribution in [0.25, 0.3) is 0 Å². The fourth-order valence-electron chi connectivity index (χ4n) is 3.83. The predicted molar refractivity (Wildman–Crippen MR) is 121 cm³/mol. The van der Waals surface area contributed by atoms with Gasteiger partial charge in [-0.1, -0.05) is 29.8 Å². The average molecular weight is 435 g/mol. The summed E-state index contributed by atoms with van der Waals surface area (Å²) in [5, 5.41) is 6.60. The summed E-state index contributed by atoms with van der Waals surface area (Å²) in [6.07, 6.45) is 5.15. The number of nitrogens with two attached hydrogens (primary N) is 1. The van der Waals surface area contributed by atoms with Crippen LogP contribution in [0.5, 0.6) is 0 Å². The molecule has 0 spiro atoms. The fourth-order valence-corrected chi connectivity index (χ4v) is 4.02. The molecule has 0 fully saturated rings. The maximum atomic E-state index is 12.6. The van der Waals surface area contributed by atoms with Crippen molar-refractivity contribution in [2.75, 3.05) is 5.32 Å². The highest BCUT2D eigenvalue weighted by Crippen LogP contribution is 2.33. The number of carbonyl (C=O) groups is 2. The number of rotatable bonds is 6. The van der Waals surface area contributed by atoms with Crippen molar-refractivity contribution in [1.82, 2.24) is 10.3 Å². The van der Waals surface area contributed by atoms with Gasteiger partial charge < -0.3 is 16.4 Å². The van der Waals surface area contributed by atoms with E-state index < -0.39 is 6.04 Å². The van der Waals surface area contributed by atoms with Crippen LogP contribution in [0.15, 0.2) is 67.0 Å². The number of amides is 2. The zero-order chi connectivity index (χ0) is 21.8. The number of anilines is 1. The number of aryl methyl sites for hydroxylation is 1. The lowest BCUT2D eigenvalue weighted by Gasteiger charge is -2.17. The lowest BCUT2D eigenvalue weighted by molar-refractivity contribution is -0.122. The van der Waals surface area contributed by atoms with Gasteiger partial charge in [-0.15, -0.1) is 0 Å². The second-order valence-corrected chi connectivity index (χ2v) is 8.06. The molecule has 31 heavy (non-hydrogen) atoms. The van der Waals surface area contributed by atoms with Gasteiger partial charge in [0.2, 0.25) is 5.91 Å². The number of nitrogens with one attached hydrogen (secondary N) is 2. The summed E-state index contributed by atoms with van der Waals surface area (Å²) in [5.41, 5.74) is 10.5. The van der Waals surface area contributed by atoms with E-state index in [1.54, 1.807) is 48.8 Å². The summed E-state index contributed by atoms with van der Waals surface area (Å²) < 4.78 is 0. The predicted octanol–water partition coefficient (Wildman–Crippen LogP) is 4.18. The van der Waals surface area contributed by atoms with E-state index in [1.165, 1.54) is 5.56 Å². The first kappa shape index (κ1) is 21.0. The van der Waals surface area contributed by atoms with Crippen molar-refractivity contribution < 1.29 is 9.59 Å². The molecule has 6 nitrogen and oxygen atoms in total. The zero-order valence-electron chi connectivity index (χ0n) is 16.8. The number of benzene rings is 2. The molecule has 1 aliphatic rings. The highest BCUT2D eigenvalue weighted by molar-refractivity contribution is 6.30. The Morgan fingerprint density at radius 2 is 1.84 bits per heavy atom. The molecule has 0 radical (unpaired) electrons. The number of fused-ring (bicyclic) bond motifs is 1. The van der Waals surface area contributed by atoms with Gasteiger partial charge in [0, 0.05) is 41.1 Å². The first-order valence-electron chi connectivity index (χ1n) is 10.1. The van der Waals surface area contributed by atoms with Gasteiger partial charge in [0.15, 0.2) is 0 Å². The molecule has 0 saturated heterocycles. The Morgan fingerprint density at radius 1 is 1.10 bits per heavy atom. The topological polar surface area (TPSA) is 97.1 Å². The zero-order valence-corrected chi connectivity index (χ0v) is 17.6. The molecule has 1 heterocycles. The normalized spacial score (nSPS) is 15.7. The maximum Gasteiger partial charge on any atom is 0.255 e. The van der Waals surface area contributed by atoms with Crippen molar-refractivity contribution in [3.63, 3.8) is 0 Å². The van der Waals surface area contributed by atoms with Crippen LogP contribution in [0.3, 0.4) is 0 Å². The van der Waals surface area contributed by atoms with Crippen LogP contribution in [-0.4, -0.2) is 16.8 Å². The molecule has 4 rings (SSSR count). The minimum absolute atomic E-state index is 0.00812. The van der Waals surface area contributed by atoms with Gasteiger partial charge in [0.25, 0.3) is 5.91 Å². The van der Waals surface area contributed by atoms with E-state index in [0.29, 0.717) is 16.3 Å². The third-order valence-corrected chi connectivity index (χ3v) is 5.70. The third kappa shape index (κ3) is 5.10. The van der Waals surface area contributed by atoms with Gasteiger partial charge in [-0.25, -0.2) is 0 Å². The second kappa shape index (κ2) is 9.29. The number of aromatic nitrogens is 1. The molecule has 1 aliphatic carbocycles. The quantitative estimate of drug-likeness (QED) is 0.542. The summed E-state index contributed by atoms with van der Waals surface area (Å²) in [5.74, 6) is -0.316. The standard InChI is InChI=1S/C24H23ClN4O2/c25-18-6-7-20-17(13-18)5-8-22(20)29-23(30)14-21(26)15-1-3-16(4-2-15)24(31)28-19-9-11-27-12-10-19/h1-4,6-7,9-13,21-22H,5,8,14,26H2,(H,29,30)(H,27,28,31). The lowest BCUT2D eigenvalue weighted by Crippen LogP contribution is -2.30. The molecular formula is C24H23ClN4O2. The third-order valence-electron chi connectivity index (χ3n) is 5.46. The maximum absolute atomic E-state index is 12.6. The molecule has 158 valence electrons. The molecule has 3 aromatic rings. The molecule has 4 N–H and O–H groups in total. The molecule has 2 amide bonds.